The van der Waals surface area contributed by atoms with E-state index in [9.17, 15) is 8.78 Å². The fourth-order valence-electron chi connectivity index (χ4n) is 1.64. The molecule has 1 heterocycles. The Bertz CT molecular complexity index is 425. The van der Waals surface area contributed by atoms with Gasteiger partial charge in [0.2, 0.25) is 6.34 Å². The van der Waals surface area contributed by atoms with Gasteiger partial charge in [-0.15, -0.1) is 0 Å². The second-order valence-electron chi connectivity index (χ2n) is 4.38. The van der Waals surface area contributed by atoms with E-state index in [1.54, 1.807) is 10.9 Å². The van der Waals surface area contributed by atoms with Crippen LogP contribution >= 0.6 is 0 Å². The second kappa shape index (κ2) is 3.29. The third kappa shape index (κ3) is 1.98. The first-order valence-electron chi connectivity index (χ1n) is 4.81. The number of benzene rings is 1. The normalized spacial score (nSPS) is 18.5. The van der Waals surface area contributed by atoms with E-state index in [2.05, 4.69) is 5.32 Å². The SMILES string of the molecule is CC1(C)C[N+](c2ccc(F)cc2F)=CN1. The zero-order valence-corrected chi connectivity index (χ0v) is 8.72. The van der Waals surface area contributed by atoms with Crippen LogP contribution in [0, 0.1) is 11.6 Å². The molecule has 0 aliphatic carbocycles. The lowest BCUT2D eigenvalue weighted by Crippen LogP contribution is -2.36. The van der Waals surface area contributed by atoms with Crippen molar-refractivity contribution in [3.8, 4) is 0 Å². The molecular formula is C11H13F2N2+. The Morgan fingerprint density at radius 1 is 1.33 bits per heavy atom. The fraction of sp³-hybridized carbons (Fsp3) is 0.364. The van der Waals surface area contributed by atoms with Crippen molar-refractivity contribution < 1.29 is 13.4 Å². The van der Waals surface area contributed by atoms with E-state index in [0.29, 0.717) is 12.2 Å². The largest absolute Gasteiger partial charge is 0.272 e. The van der Waals surface area contributed by atoms with Crippen LogP contribution in [-0.2, 0) is 0 Å². The minimum atomic E-state index is -0.553. The topological polar surface area (TPSA) is 15.0 Å². The van der Waals surface area contributed by atoms with E-state index >= 15 is 0 Å². The Balaban J connectivity index is 2.32. The number of rotatable bonds is 1. The molecule has 2 nitrogen and oxygen atoms in total. The molecule has 1 aromatic rings. The summed E-state index contributed by atoms with van der Waals surface area (Å²) >= 11 is 0. The minimum absolute atomic E-state index is 0.0825. The van der Waals surface area contributed by atoms with Crippen molar-refractivity contribution in [1.29, 1.82) is 0 Å². The molecule has 1 aliphatic rings. The molecule has 0 atom stereocenters. The summed E-state index contributed by atoms with van der Waals surface area (Å²) in [5.74, 6) is -1.09. The molecular weight excluding hydrogens is 198 g/mol. The molecule has 0 amide bonds. The lowest BCUT2D eigenvalue weighted by molar-refractivity contribution is -0.435. The molecule has 0 fully saturated rings. The van der Waals surface area contributed by atoms with Crippen LogP contribution in [0.2, 0.25) is 0 Å². The van der Waals surface area contributed by atoms with Gasteiger partial charge in [-0.2, -0.15) is 0 Å². The molecule has 0 aromatic heterocycles. The highest BCUT2D eigenvalue weighted by atomic mass is 19.1. The van der Waals surface area contributed by atoms with Crippen LogP contribution in [0.5, 0.6) is 0 Å². The molecule has 0 saturated heterocycles. The van der Waals surface area contributed by atoms with Crippen molar-refractivity contribution in [3.05, 3.63) is 29.8 Å². The maximum atomic E-state index is 13.4. The average molecular weight is 211 g/mol. The Morgan fingerprint density at radius 3 is 2.60 bits per heavy atom. The lowest BCUT2D eigenvalue weighted by Gasteiger charge is -2.11. The van der Waals surface area contributed by atoms with Gasteiger partial charge in [0, 0.05) is 6.07 Å². The molecule has 15 heavy (non-hydrogen) atoms. The zero-order valence-electron chi connectivity index (χ0n) is 8.72. The smallest absolute Gasteiger partial charge is 0.237 e. The van der Waals surface area contributed by atoms with Crippen LogP contribution in [0.15, 0.2) is 18.2 Å². The maximum Gasteiger partial charge on any atom is 0.237 e. The van der Waals surface area contributed by atoms with E-state index in [-0.39, 0.29) is 5.54 Å². The summed E-state index contributed by atoms with van der Waals surface area (Å²) in [4.78, 5) is 0. The predicted octanol–water partition coefficient (Wildman–Crippen LogP) is 2.02. The standard InChI is InChI=1S/C11H12F2N2/c1-11(2)6-15(7-14-11)10-4-3-8(12)5-9(10)13/h3-5,7H,6H2,1-2H3/p+1. The van der Waals surface area contributed by atoms with Gasteiger partial charge in [-0.05, 0) is 26.0 Å². The monoisotopic (exact) mass is 211 g/mol. The molecule has 80 valence electrons. The van der Waals surface area contributed by atoms with Gasteiger partial charge in [0.15, 0.2) is 11.5 Å². The summed E-state index contributed by atoms with van der Waals surface area (Å²) in [5.41, 5.74) is 0.315. The third-order valence-corrected chi connectivity index (χ3v) is 2.40. The first kappa shape index (κ1) is 10.1. The Kier molecular flexibility index (Phi) is 2.21. The lowest BCUT2D eigenvalue weighted by atomic mass is 10.1. The molecule has 0 saturated carbocycles. The highest BCUT2D eigenvalue weighted by Gasteiger charge is 2.32. The van der Waals surface area contributed by atoms with Gasteiger partial charge in [-0.1, -0.05) is 0 Å². The summed E-state index contributed by atoms with van der Waals surface area (Å²) < 4.78 is 27.9. The van der Waals surface area contributed by atoms with Crippen molar-refractivity contribution in [2.24, 2.45) is 0 Å². The fourth-order valence-corrected chi connectivity index (χ4v) is 1.64. The van der Waals surface area contributed by atoms with Gasteiger partial charge in [-0.3, -0.25) is 5.32 Å². The summed E-state index contributed by atoms with van der Waals surface area (Å²) in [5, 5.41) is 3.13. The van der Waals surface area contributed by atoms with Crippen molar-refractivity contribution in [1.82, 2.24) is 5.32 Å². The quantitative estimate of drug-likeness (QED) is 0.702. The molecule has 4 heteroatoms. The van der Waals surface area contributed by atoms with E-state index in [4.69, 9.17) is 0 Å². The Hall–Kier alpha value is -1.45. The summed E-state index contributed by atoms with van der Waals surface area (Å²) in [6.07, 6.45) is 1.72. The number of hydrogen-bond acceptors (Lipinski definition) is 1. The molecule has 1 aromatic carbocycles. The van der Waals surface area contributed by atoms with Crippen LogP contribution in [0.4, 0.5) is 14.5 Å². The molecule has 1 N–H and O–H groups in total. The number of nitrogens with one attached hydrogen (secondary N) is 1. The van der Waals surface area contributed by atoms with Crippen LogP contribution in [0.25, 0.3) is 0 Å². The average Bonchev–Trinajstić information content (AvgIpc) is 2.46. The Morgan fingerprint density at radius 2 is 2.07 bits per heavy atom. The highest BCUT2D eigenvalue weighted by molar-refractivity contribution is 5.55. The number of nitrogens with zero attached hydrogens (tertiary/aromatic N) is 1. The van der Waals surface area contributed by atoms with Crippen LogP contribution in [0.1, 0.15) is 13.8 Å². The molecule has 0 unspecified atom stereocenters. The molecule has 2 rings (SSSR count). The third-order valence-electron chi connectivity index (χ3n) is 2.40. The van der Waals surface area contributed by atoms with Gasteiger partial charge in [0.1, 0.15) is 17.9 Å². The van der Waals surface area contributed by atoms with E-state index < -0.39 is 11.6 Å². The van der Waals surface area contributed by atoms with E-state index in [1.165, 1.54) is 12.1 Å². The van der Waals surface area contributed by atoms with Gasteiger partial charge in [0.05, 0.1) is 0 Å². The molecule has 0 radical (unpaired) electrons. The highest BCUT2D eigenvalue weighted by Crippen LogP contribution is 2.21. The van der Waals surface area contributed by atoms with Gasteiger partial charge < -0.3 is 0 Å². The second-order valence-corrected chi connectivity index (χ2v) is 4.38. The van der Waals surface area contributed by atoms with Gasteiger partial charge in [0.25, 0.3) is 0 Å². The van der Waals surface area contributed by atoms with Crippen LogP contribution < -0.4 is 5.32 Å². The van der Waals surface area contributed by atoms with Crippen molar-refractivity contribution in [3.63, 3.8) is 0 Å². The molecule has 0 spiro atoms. The van der Waals surface area contributed by atoms with E-state index in [1.807, 2.05) is 13.8 Å². The van der Waals surface area contributed by atoms with Crippen molar-refractivity contribution in [2.45, 2.75) is 19.4 Å². The first-order valence-corrected chi connectivity index (χ1v) is 4.81. The zero-order chi connectivity index (χ0) is 11.1. The van der Waals surface area contributed by atoms with Gasteiger partial charge >= 0.3 is 0 Å². The van der Waals surface area contributed by atoms with Crippen LogP contribution in [-0.4, -0.2) is 23.0 Å². The molecule has 1 aliphatic heterocycles. The summed E-state index contributed by atoms with van der Waals surface area (Å²) in [6, 6.07) is 3.61. The predicted molar refractivity (Wildman–Crippen MR) is 54.4 cm³/mol. The van der Waals surface area contributed by atoms with Crippen LogP contribution in [0.3, 0.4) is 0 Å². The summed E-state index contributed by atoms with van der Waals surface area (Å²) in [7, 11) is 0. The number of halogens is 2. The Labute approximate surface area is 87.2 Å². The number of hydrogen-bond donors (Lipinski definition) is 1. The van der Waals surface area contributed by atoms with Crippen molar-refractivity contribution >= 4 is 12.0 Å². The summed E-state index contributed by atoms with van der Waals surface area (Å²) in [6.45, 7) is 4.70. The minimum Gasteiger partial charge on any atom is -0.272 e. The van der Waals surface area contributed by atoms with Gasteiger partial charge in [-0.25, -0.2) is 13.4 Å². The molecule has 0 bridgehead atoms. The van der Waals surface area contributed by atoms with E-state index in [0.717, 1.165) is 6.07 Å². The first-order chi connectivity index (χ1) is 6.98. The van der Waals surface area contributed by atoms with Crippen molar-refractivity contribution in [2.75, 3.05) is 6.54 Å². The maximum absolute atomic E-state index is 13.4.